The second kappa shape index (κ2) is 9.07. The fraction of sp³-hybridized carbons (Fsp3) is 0.154. The van der Waals surface area contributed by atoms with E-state index in [2.05, 4.69) is 4.98 Å². The summed E-state index contributed by atoms with van der Waals surface area (Å²) in [4.78, 5) is 44.7. The van der Waals surface area contributed by atoms with Crippen molar-refractivity contribution in [1.29, 1.82) is 0 Å². The summed E-state index contributed by atoms with van der Waals surface area (Å²) < 4.78 is 17.5. The molecule has 2 aromatic heterocycles. The third kappa shape index (κ3) is 3.94. The zero-order valence-corrected chi connectivity index (χ0v) is 21.2. The van der Waals surface area contributed by atoms with Gasteiger partial charge in [-0.15, -0.1) is 0 Å². The van der Waals surface area contributed by atoms with Gasteiger partial charge >= 0.3 is 0 Å². The third-order valence-electron chi connectivity index (χ3n) is 6.09. The first-order valence-corrected chi connectivity index (χ1v) is 12.2. The molecule has 1 aliphatic heterocycles. The van der Waals surface area contributed by atoms with Gasteiger partial charge in [0.05, 0.1) is 22.4 Å². The minimum Gasteiger partial charge on any atom is -0.268 e. The number of para-hydroxylation sites is 1. The second-order valence-corrected chi connectivity index (χ2v) is 9.80. The number of hydrogen-bond donors (Lipinski definition) is 0. The van der Waals surface area contributed by atoms with E-state index in [9.17, 15) is 18.8 Å². The maximum Gasteiger partial charge on any atom is 0.293 e. The SMILES string of the molecule is Cc1cc(C=C2SC(=O)N(Cc3c(F)cccc3Cl)C2=O)c(C)n1-n1c(C)nc2ccccc2c1=O. The predicted octanol–water partition coefficient (Wildman–Crippen LogP) is 5.46. The highest BCUT2D eigenvalue weighted by Crippen LogP contribution is 2.35. The molecule has 0 aliphatic carbocycles. The average Bonchev–Trinajstić information content (AvgIpc) is 3.25. The van der Waals surface area contributed by atoms with Gasteiger partial charge in [0.2, 0.25) is 0 Å². The number of hydrogen-bond acceptors (Lipinski definition) is 5. The van der Waals surface area contributed by atoms with Gasteiger partial charge in [0.1, 0.15) is 11.6 Å². The number of carbonyl (C=O) groups is 2. The summed E-state index contributed by atoms with van der Waals surface area (Å²) in [5.41, 5.74) is 2.59. The smallest absolute Gasteiger partial charge is 0.268 e. The van der Waals surface area contributed by atoms with Crippen LogP contribution in [0, 0.1) is 26.6 Å². The Kier molecular flexibility index (Phi) is 6.05. The lowest BCUT2D eigenvalue weighted by Crippen LogP contribution is -2.30. The van der Waals surface area contributed by atoms with Crippen molar-refractivity contribution in [2.75, 3.05) is 0 Å². The summed E-state index contributed by atoms with van der Waals surface area (Å²) >= 11 is 6.86. The number of fused-ring (bicyclic) bond motifs is 1. The van der Waals surface area contributed by atoms with Gasteiger partial charge in [-0.2, -0.15) is 4.68 Å². The van der Waals surface area contributed by atoms with Crippen LogP contribution < -0.4 is 5.56 Å². The summed E-state index contributed by atoms with van der Waals surface area (Å²) in [5.74, 6) is -0.608. The molecule has 7 nitrogen and oxygen atoms in total. The van der Waals surface area contributed by atoms with Crippen molar-refractivity contribution in [3.63, 3.8) is 0 Å². The second-order valence-electron chi connectivity index (χ2n) is 8.40. The summed E-state index contributed by atoms with van der Waals surface area (Å²) in [7, 11) is 0. The molecular formula is C26H20ClFN4O3S. The molecule has 0 saturated carbocycles. The lowest BCUT2D eigenvalue weighted by molar-refractivity contribution is -0.123. The number of benzene rings is 2. The van der Waals surface area contributed by atoms with Crippen molar-refractivity contribution in [1.82, 2.24) is 19.2 Å². The van der Waals surface area contributed by atoms with Gasteiger partial charge in [-0.3, -0.25) is 24.0 Å². The van der Waals surface area contributed by atoms with Crippen LogP contribution in [0.25, 0.3) is 17.0 Å². The predicted molar refractivity (Wildman–Crippen MR) is 138 cm³/mol. The summed E-state index contributed by atoms with van der Waals surface area (Å²) in [5, 5.41) is 0.127. The number of thioether (sulfide) groups is 1. The van der Waals surface area contributed by atoms with E-state index in [1.807, 2.05) is 26.0 Å². The molecule has 0 unspecified atom stereocenters. The number of aromatic nitrogens is 3. The summed E-state index contributed by atoms with van der Waals surface area (Å²) in [6.45, 7) is 5.16. The van der Waals surface area contributed by atoms with Crippen molar-refractivity contribution in [3.8, 4) is 0 Å². The van der Waals surface area contributed by atoms with Crippen LogP contribution in [0.2, 0.25) is 5.02 Å². The Morgan fingerprint density at radius 3 is 2.53 bits per heavy atom. The van der Waals surface area contributed by atoms with Gasteiger partial charge in [-0.25, -0.2) is 9.37 Å². The number of aryl methyl sites for hydroxylation is 2. The Morgan fingerprint density at radius 1 is 1.03 bits per heavy atom. The molecule has 1 fully saturated rings. The average molecular weight is 523 g/mol. The van der Waals surface area contributed by atoms with E-state index in [0.717, 1.165) is 22.4 Å². The minimum absolute atomic E-state index is 0.0829. The van der Waals surface area contributed by atoms with Crippen LogP contribution in [-0.2, 0) is 11.3 Å². The fourth-order valence-corrected chi connectivity index (χ4v) is 5.37. The molecule has 0 bridgehead atoms. The molecule has 0 N–H and O–H groups in total. The van der Waals surface area contributed by atoms with Gasteiger partial charge in [0.15, 0.2) is 0 Å². The van der Waals surface area contributed by atoms with Crippen LogP contribution in [0.1, 0.15) is 28.3 Å². The largest absolute Gasteiger partial charge is 0.293 e. The normalized spacial score (nSPS) is 15.0. The van der Waals surface area contributed by atoms with Crippen molar-refractivity contribution in [2.45, 2.75) is 27.3 Å². The van der Waals surface area contributed by atoms with E-state index in [4.69, 9.17) is 11.6 Å². The number of halogens is 2. The van der Waals surface area contributed by atoms with Crippen LogP contribution in [-0.4, -0.2) is 30.4 Å². The van der Waals surface area contributed by atoms with E-state index in [1.54, 1.807) is 35.9 Å². The fourth-order valence-electron chi connectivity index (χ4n) is 4.32. The highest BCUT2D eigenvalue weighted by atomic mass is 35.5. The lowest BCUT2D eigenvalue weighted by atomic mass is 10.2. The molecule has 4 aromatic rings. The van der Waals surface area contributed by atoms with Crippen molar-refractivity contribution in [2.24, 2.45) is 0 Å². The van der Waals surface area contributed by atoms with Crippen LogP contribution in [0.4, 0.5) is 9.18 Å². The molecule has 5 rings (SSSR count). The highest BCUT2D eigenvalue weighted by molar-refractivity contribution is 8.18. The van der Waals surface area contributed by atoms with Gasteiger partial charge in [-0.05, 0) is 74.5 Å². The molecule has 2 amide bonds. The standard InChI is InChI=1S/C26H20ClFN4O3S/c1-14-11-17(15(2)31(14)32-16(3)29-22-10-5-4-7-18(22)24(32)33)12-23-25(34)30(26(35)36-23)13-19-20(27)8-6-9-21(19)28/h4-12H,13H2,1-3H3. The number of nitrogens with zero attached hydrogens (tertiary/aromatic N) is 4. The number of amides is 2. The van der Waals surface area contributed by atoms with Crippen LogP contribution in [0.3, 0.4) is 0 Å². The van der Waals surface area contributed by atoms with Gasteiger partial charge < -0.3 is 0 Å². The number of rotatable bonds is 4. The summed E-state index contributed by atoms with van der Waals surface area (Å²) in [6, 6.07) is 13.2. The van der Waals surface area contributed by atoms with Crippen LogP contribution >= 0.6 is 23.4 Å². The van der Waals surface area contributed by atoms with E-state index in [-0.39, 0.29) is 27.6 Å². The molecule has 10 heteroatoms. The van der Waals surface area contributed by atoms with Crippen LogP contribution in [0.5, 0.6) is 0 Å². The zero-order valence-electron chi connectivity index (χ0n) is 19.6. The van der Waals surface area contributed by atoms with E-state index < -0.39 is 17.0 Å². The molecule has 0 atom stereocenters. The van der Waals surface area contributed by atoms with Gasteiger partial charge in [0.25, 0.3) is 16.7 Å². The summed E-state index contributed by atoms with van der Waals surface area (Å²) in [6.07, 6.45) is 1.61. The van der Waals surface area contributed by atoms with Crippen molar-refractivity contribution >= 4 is 51.5 Å². The number of imide groups is 1. The Hall–Kier alpha value is -3.69. The Balaban J connectivity index is 1.53. The first kappa shape index (κ1) is 24.0. The first-order chi connectivity index (χ1) is 17.2. The Morgan fingerprint density at radius 2 is 1.78 bits per heavy atom. The third-order valence-corrected chi connectivity index (χ3v) is 7.35. The molecule has 2 aromatic carbocycles. The molecule has 182 valence electrons. The molecule has 1 aliphatic rings. The van der Waals surface area contributed by atoms with Crippen molar-refractivity contribution in [3.05, 3.63) is 103 Å². The van der Waals surface area contributed by atoms with Gasteiger partial charge in [-0.1, -0.05) is 29.8 Å². The van der Waals surface area contributed by atoms with Crippen LogP contribution in [0.15, 0.2) is 58.2 Å². The lowest BCUT2D eigenvalue weighted by Gasteiger charge is -2.16. The Bertz CT molecular complexity index is 1650. The molecule has 0 spiro atoms. The Labute approximate surface area is 214 Å². The van der Waals surface area contributed by atoms with E-state index >= 15 is 0 Å². The quantitative estimate of drug-likeness (QED) is 0.332. The molecule has 1 saturated heterocycles. The topological polar surface area (TPSA) is 77.2 Å². The van der Waals surface area contributed by atoms with Crippen molar-refractivity contribution < 1.29 is 14.0 Å². The zero-order chi connectivity index (χ0) is 25.7. The van der Waals surface area contributed by atoms with E-state index in [1.165, 1.54) is 22.9 Å². The maximum absolute atomic E-state index is 14.2. The molecule has 36 heavy (non-hydrogen) atoms. The van der Waals surface area contributed by atoms with E-state index in [0.29, 0.717) is 28.0 Å². The number of carbonyl (C=O) groups excluding carboxylic acids is 2. The monoisotopic (exact) mass is 522 g/mol. The molecule has 3 heterocycles. The first-order valence-electron chi connectivity index (χ1n) is 11.0. The van der Waals surface area contributed by atoms with Gasteiger partial charge in [0, 0.05) is 22.0 Å². The maximum atomic E-state index is 14.2. The highest BCUT2D eigenvalue weighted by Gasteiger charge is 2.36. The molecular weight excluding hydrogens is 503 g/mol. The minimum atomic E-state index is -0.584. The molecule has 0 radical (unpaired) electrons.